The molecule has 1 aromatic carbocycles. The van der Waals surface area contributed by atoms with Gasteiger partial charge in [0.25, 0.3) is 5.69 Å². The Morgan fingerprint density at radius 1 is 1.42 bits per heavy atom. The Kier molecular flexibility index (Phi) is 5.00. The third-order valence-corrected chi connectivity index (χ3v) is 4.37. The molecule has 1 atom stereocenters. The molecule has 1 aliphatic rings. The van der Waals surface area contributed by atoms with Crippen LogP contribution in [0.1, 0.15) is 24.0 Å². The smallest absolute Gasteiger partial charge is 0.272 e. The van der Waals surface area contributed by atoms with E-state index in [1.807, 2.05) is 24.3 Å². The van der Waals surface area contributed by atoms with Crippen LogP contribution < -0.4 is 10.2 Å². The Hall–Kier alpha value is -2.54. The Morgan fingerprint density at radius 3 is 3.04 bits per heavy atom. The zero-order valence-corrected chi connectivity index (χ0v) is 13.7. The molecule has 7 nitrogen and oxygen atoms in total. The van der Waals surface area contributed by atoms with E-state index >= 15 is 0 Å². The second-order valence-corrected chi connectivity index (χ2v) is 6.13. The highest BCUT2D eigenvalue weighted by molar-refractivity contribution is 5.42. The Morgan fingerprint density at radius 2 is 2.29 bits per heavy atom. The third-order valence-electron chi connectivity index (χ3n) is 4.37. The summed E-state index contributed by atoms with van der Waals surface area (Å²) in [4.78, 5) is 12.9. The quantitative estimate of drug-likeness (QED) is 0.671. The lowest BCUT2D eigenvalue weighted by molar-refractivity contribution is -0.385. The van der Waals surface area contributed by atoms with E-state index in [1.165, 1.54) is 0 Å². The van der Waals surface area contributed by atoms with Crippen LogP contribution in [0.4, 0.5) is 11.5 Å². The van der Waals surface area contributed by atoms with Crippen LogP contribution in [-0.2, 0) is 6.54 Å². The molecule has 1 unspecified atom stereocenters. The molecule has 0 amide bonds. The molecule has 0 saturated carbocycles. The molecule has 1 saturated heterocycles. The van der Waals surface area contributed by atoms with Crippen molar-refractivity contribution in [3.63, 3.8) is 0 Å². The van der Waals surface area contributed by atoms with Gasteiger partial charge in [-0.25, -0.2) is 0 Å². The molecule has 0 radical (unpaired) electrons. The minimum Gasteiger partial charge on any atom is -0.354 e. The first-order chi connectivity index (χ1) is 11.6. The Bertz CT molecular complexity index is 707. The van der Waals surface area contributed by atoms with Gasteiger partial charge in [0.1, 0.15) is 0 Å². The minimum atomic E-state index is -0.324. The summed E-state index contributed by atoms with van der Waals surface area (Å²) in [5.74, 6) is 0.898. The van der Waals surface area contributed by atoms with Gasteiger partial charge in [-0.1, -0.05) is 12.1 Å². The summed E-state index contributed by atoms with van der Waals surface area (Å²) >= 11 is 0. The molecule has 1 aliphatic heterocycles. The van der Waals surface area contributed by atoms with Crippen LogP contribution in [0.25, 0.3) is 0 Å². The van der Waals surface area contributed by atoms with Crippen molar-refractivity contribution in [2.75, 3.05) is 18.0 Å². The van der Waals surface area contributed by atoms with E-state index in [-0.39, 0.29) is 10.6 Å². The predicted octanol–water partition coefficient (Wildman–Crippen LogP) is 2.45. The molecule has 7 heteroatoms. The summed E-state index contributed by atoms with van der Waals surface area (Å²) in [5, 5.41) is 22.7. The number of aryl methyl sites for hydroxylation is 1. The van der Waals surface area contributed by atoms with Crippen molar-refractivity contribution in [1.29, 1.82) is 0 Å². The molecule has 126 valence electrons. The first-order valence-corrected chi connectivity index (χ1v) is 8.13. The van der Waals surface area contributed by atoms with Crippen molar-refractivity contribution >= 4 is 11.5 Å². The topological polar surface area (TPSA) is 84.2 Å². The number of nitrogens with one attached hydrogen (secondary N) is 1. The lowest BCUT2D eigenvalue weighted by atomic mass is 10.0. The summed E-state index contributed by atoms with van der Waals surface area (Å²) in [5.41, 5.74) is 1.80. The van der Waals surface area contributed by atoms with E-state index in [1.54, 1.807) is 19.2 Å². The van der Waals surface area contributed by atoms with Crippen molar-refractivity contribution in [3.8, 4) is 0 Å². The van der Waals surface area contributed by atoms with Crippen molar-refractivity contribution in [1.82, 2.24) is 15.5 Å². The number of nitrogens with zero attached hydrogens (tertiary/aromatic N) is 4. The number of benzene rings is 1. The molecule has 0 bridgehead atoms. The zero-order chi connectivity index (χ0) is 16.9. The first-order valence-electron chi connectivity index (χ1n) is 8.13. The number of anilines is 1. The molecular formula is C17H21N5O2. The highest BCUT2D eigenvalue weighted by Crippen LogP contribution is 2.20. The van der Waals surface area contributed by atoms with Gasteiger partial charge in [0.2, 0.25) is 0 Å². The number of nitro groups is 1. The van der Waals surface area contributed by atoms with Crippen molar-refractivity contribution in [2.24, 2.45) is 0 Å². The highest BCUT2D eigenvalue weighted by atomic mass is 16.6. The Balaban J connectivity index is 1.60. The van der Waals surface area contributed by atoms with Gasteiger partial charge in [-0.15, -0.1) is 5.10 Å². The zero-order valence-electron chi connectivity index (χ0n) is 13.7. The minimum absolute atomic E-state index is 0.180. The predicted molar refractivity (Wildman–Crippen MR) is 91.9 cm³/mol. The standard InChI is InChI=1S/C17H21N5O2/c1-13-6-7-14(10-16(13)22(23)24)11-18-15-4-3-9-21(12-15)17-5-2-8-19-20-17/h2,5-8,10,15,18H,3-4,9,11-12H2,1H3. The van der Waals surface area contributed by atoms with Crippen LogP contribution in [-0.4, -0.2) is 34.3 Å². The van der Waals surface area contributed by atoms with Crippen molar-refractivity contribution in [2.45, 2.75) is 32.4 Å². The number of nitro benzene ring substituents is 1. The number of rotatable bonds is 5. The van der Waals surface area contributed by atoms with Crippen LogP contribution in [0.5, 0.6) is 0 Å². The second-order valence-electron chi connectivity index (χ2n) is 6.13. The molecular weight excluding hydrogens is 306 g/mol. The van der Waals surface area contributed by atoms with Gasteiger partial charge < -0.3 is 10.2 Å². The number of piperidine rings is 1. The third kappa shape index (κ3) is 3.86. The molecule has 1 fully saturated rings. The maximum Gasteiger partial charge on any atom is 0.272 e. The van der Waals surface area contributed by atoms with E-state index in [9.17, 15) is 10.1 Å². The molecule has 1 N–H and O–H groups in total. The monoisotopic (exact) mass is 327 g/mol. The van der Waals surface area contributed by atoms with Gasteiger partial charge in [0.05, 0.1) is 4.92 Å². The lowest BCUT2D eigenvalue weighted by Gasteiger charge is -2.33. The van der Waals surface area contributed by atoms with Crippen LogP contribution in [0, 0.1) is 17.0 Å². The van der Waals surface area contributed by atoms with Crippen LogP contribution >= 0.6 is 0 Å². The fourth-order valence-corrected chi connectivity index (χ4v) is 3.04. The molecule has 0 aliphatic carbocycles. The van der Waals surface area contributed by atoms with Gasteiger partial charge >= 0.3 is 0 Å². The van der Waals surface area contributed by atoms with Gasteiger partial charge in [0, 0.05) is 43.5 Å². The van der Waals surface area contributed by atoms with Gasteiger partial charge in [-0.3, -0.25) is 10.1 Å². The summed E-state index contributed by atoms with van der Waals surface area (Å²) in [6.45, 7) is 4.23. The average molecular weight is 327 g/mol. The van der Waals surface area contributed by atoms with E-state index in [2.05, 4.69) is 20.4 Å². The SMILES string of the molecule is Cc1ccc(CNC2CCCN(c3cccnn3)C2)cc1[N+](=O)[O-]. The highest BCUT2D eigenvalue weighted by Gasteiger charge is 2.21. The van der Waals surface area contributed by atoms with Crippen molar-refractivity contribution < 1.29 is 4.92 Å². The van der Waals surface area contributed by atoms with E-state index in [0.29, 0.717) is 18.2 Å². The van der Waals surface area contributed by atoms with E-state index in [4.69, 9.17) is 0 Å². The second kappa shape index (κ2) is 7.35. The fraction of sp³-hybridized carbons (Fsp3) is 0.412. The normalized spacial score (nSPS) is 17.7. The van der Waals surface area contributed by atoms with Gasteiger partial charge in [-0.2, -0.15) is 5.10 Å². The van der Waals surface area contributed by atoms with Crippen LogP contribution in [0.3, 0.4) is 0 Å². The number of hydrogen-bond donors (Lipinski definition) is 1. The summed E-state index contributed by atoms with van der Waals surface area (Å²) < 4.78 is 0. The average Bonchev–Trinajstić information content (AvgIpc) is 2.62. The van der Waals surface area contributed by atoms with E-state index in [0.717, 1.165) is 37.3 Å². The molecule has 2 heterocycles. The number of hydrogen-bond acceptors (Lipinski definition) is 6. The maximum atomic E-state index is 11.0. The van der Waals surface area contributed by atoms with Crippen LogP contribution in [0.2, 0.25) is 0 Å². The van der Waals surface area contributed by atoms with E-state index < -0.39 is 0 Å². The fourth-order valence-electron chi connectivity index (χ4n) is 3.04. The molecule has 0 spiro atoms. The van der Waals surface area contributed by atoms with Gasteiger partial charge in [0.15, 0.2) is 5.82 Å². The van der Waals surface area contributed by atoms with Crippen molar-refractivity contribution in [3.05, 3.63) is 57.8 Å². The lowest BCUT2D eigenvalue weighted by Crippen LogP contribution is -2.45. The molecule has 1 aromatic heterocycles. The molecule has 2 aromatic rings. The number of aromatic nitrogens is 2. The molecule has 24 heavy (non-hydrogen) atoms. The molecule has 3 rings (SSSR count). The largest absolute Gasteiger partial charge is 0.354 e. The summed E-state index contributed by atoms with van der Waals surface area (Å²) in [6, 6.07) is 9.61. The Labute approximate surface area is 140 Å². The van der Waals surface area contributed by atoms with Crippen LogP contribution in [0.15, 0.2) is 36.5 Å². The van der Waals surface area contributed by atoms with Gasteiger partial charge in [-0.05, 0) is 37.5 Å². The maximum absolute atomic E-state index is 11.0. The first kappa shape index (κ1) is 16.3. The summed E-state index contributed by atoms with van der Waals surface area (Å²) in [7, 11) is 0. The summed E-state index contributed by atoms with van der Waals surface area (Å²) in [6.07, 6.45) is 3.85.